The normalized spacial score (nSPS) is 16.6. The van der Waals surface area contributed by atoms with E-state index < -0.39 is 0 Å². The molecule has 1 saturated heterocycles. The van der Waals surface area contributed by atoms with Crippen LogP contribution in [-0.2, 0) is 4.79 Å². The van der Waals surface area contributed by atoms with Crippen LogP contribution in [0.5, 0.6) is 5.75 Å². The van der Waals surface area contributed by atoms with E-state index >= 15 is 0 Å². The summed E-state index contributed by atoms with van der Waals surface area (Å²) in [5.74, 6) is -0.226. The molecule has 2 aromatic carbocycles. The number of hydrogen-bond donors (Lipinski definition) is 1. The number of imide groups is 1. The molecule has 4 nitrogen and oxygen atoms in total. The Morgan fingerprint density at radius 3 is 2.59 bits per heavy atom. The Kier molecular flexibility index (Phi) is 3.73. The molecule has 0 unspecified atom stereocenters. The molecule has 0 atom stereocenters. The summed E-state index contributed by atoms with van der Waals surface area (Å²) >= 11 is 0.900. The van der Waals surface area contributed by atoms with Crippen LogP contribution in [-0.4, -0.2) is 16.3 Å². The molecule has 0 bridgehead atoms. The lowest BCUT2D eigenvalue weighted by Crippen LogP contribution is -2.27. The number of nitrogens with zero attached hydrogens (tertiary/aromatic N) is 1. The predicted molar refractivity (Wildman–Crippen MR) is 87.7 cm³/mol. The quantitative estimate of drug-likeness (QED) is 0.853. The van der Waals surface area contributed by atoms with Crippen LogP contribution in [0.4, 0.5) is 10.5 Å². The predicted octanol–water partition coefficient (Wildman–Crippen LogP) is 3.94. The van der Waals surface area contributed by atoms with E-state index in [0.717, 1.165) is 17.3 Å². The maximum absolute atomic E-state index is 12.5. The van der Waals surface area contributed by atoms with Gasteiger partial charge in [0.2, 0.25) is 0 Å². The van der Waals surface area contributed by atoms with E-state index in [1.807, 2.05) is 19.1 Å². The van der Waals surface area contributed by atoms with Crippen molar-refractivity contribution >= 4 is 34.7 Å². The molecule has 2 amide bonds. The van der Waals surface area contributed by atoms with Crippen LogP contribution in [0.3, 0.4) is 0 Å². The lowest BCUT2D eigenvalue weighted by molar-refractivity contribution is -0.113. The molecule has 0 spiro atoms. The molecule has 110 valence electrons. The fourth-order valence-corrected chi connectivity index (χ4v) is 3.06. The number of phenols is 1. The van der Waals surface area contributed by atoms with E-state index in [2.05, 4.69) is 0 Å². The Morgan fingerprint density at radius 1 is 1.09 bits per heavy atom. The first-order chi connectivity index (χ1) is 10.5. The van der Waals surface area contributed by atoms with Crippen LogP contribution in [0, 0.1) is 6.92 Å². The molecule has 1 heterocycles. The first-order valence-corrected chi connectivity index (χ1v) is 7.50. The maximum atomic E-state index is 12.5. The average molecular weight is 311 g/mol. The summed E-state index contributed by atoms with van der Waals surface area (Å²) in [6.07, 6.45) is 1.61. The van der Waals surface area contributed by atoms with Crippen LogP contribution in [0.15, 0.2) is 53.4 Å². The average Bonchev–Trinajstić information content (AvgIpc) is 2.73. The Labute approximate surface area is 132 Å². The SMILES string of the molecule is Cc1cccc(N2C(=O)S/C(=C\c3cccc(O)c3)C2=O)c1. The molecule has 3 rings (SSSR count). The summed E-state index contributed by atoms with van der Waals surface area (Å²) < 4.78 is 0. The molecule has 0 saturated carbocycles. The van der Waals surface area contributed by atoms with Gasteiger partial charge in [-0.2, -0.15) is 0 Å². The van der Waals surface area contributed by atoms with Crippen molar-refractivity contribution in [1.82, 2.24) is 0 Å². The lowest BCUT2D eigenvalue weighted by Gasteiger charge is -2.12. The first-order valence-electron chi connectivity index (χ1n) is 6.68. The van der Waals surface area contributed by atoms with Crippen LogP contribution < -0.4 is 4.90 Å². The maximum Gasteiger partial charge on any atom is 0.298 e. The van der Waals surface area contributed by atoms with Gasteiger partial charge in [-0.1, -0.05) is 24.3 Å². The number of carbonyl (C=O) groups excluding carboxylic acids is 2. The minimum atomic E-state index is -0.344. The highest BCUT2D eigenvalue weighted by molar-refractivity contribution is 8.19. The number of amides is 2. The fourth-order valence-electron chi connectivity index (χ4n) is 2.22. The number of rotatable bonds is 2. The number of hydrogen-bond acceptors (Lipinski definition) is 4. The molecule has 1 aliphatic heterocycles. The second-order valence-electron chi connectivity index (χ2n) is 4.95. The van der Waals surface area contributed by atoms with Crippen molar-refractivity contribution in [2.75, 3.05) is 4.90 Å². The van der Waals surface area contributed by atoms with Crippen LogP contribution >= 0.6 is 11.8 Å². The Bertz CT molecular complexity index is 798. The van der Waals surface area contributed by atoms with Gasteiger partial charge in [-0.3, -0.25) is 9.59 Å². The van der Waals surface area contributed by atoms with Crippen molar-refractivity contribution in [2.24, 2.45) is 0 Å². The monoisotopic (exact) mass is 311 g/mol. The first kappa shape index (κ1) is 14.4. The standard InChI is InChI=1S/C17H13NO3S/c1-11-4-2-6-13(8-11)18-16(20)15(22-17(18)21)10-12-5-3-7-14(19)9-12/h2-10,19H,1H3/b15-10-. The van der Waals surface area contributed by atoms with E-state index in [1.165, 1.54) is 4.90 Å². The molecule has 1 aliphatic rings. The van der Waals surface area contributed by atoms with Crippen molar-refractivity contribution < 1.29 is 14.7 Å². The lowest BCUT2D eigenvalue weighted by atomic mass is 10.2. The number of thioether (sulfide) groups is 1. The van der Waals surface area contributed by atoms with Gasteiger partial charge in [0.15, 0.2) is 0 Å². The van der Waals surface area contributed by atoms with Gasteiger partial charge in [-0.25, -0.2) is 4.90 Å². The molecule has 2 aromatic rings. The van der Waals surface area contributed by atoms with E-state index in [9.17, 15) is 14.7 Å². The smallest absolute Gasteiger partial charge is 0.298 e. The zero-order valence-electron chi connectivity index (χ0n) is 11.8. The van der Waals surface area contributed by atoms with Gasteiger partial charge in [-0.15, -0.1) is 0 Å². The van der Waals surface area contributed by atoms with Crippen molar-refractivity contribution in [3.05, 3.63) is 64.6 Å². The van der Waals surface area contributed by atoms with Crippen LogP contribution in [0.2, 0.25) is 0 Å². The summed E-state index contributed by atoms with van der Waals surface area (Å²) in [4.78, 5) is 26.1. The summed E-state index contributed by atoms with van der Waals surface area (Å²) in [5.41, 5.74) is 2.23. The van der Waals surface area contributed by atoms with Crippen molar-refractivity contribution in [2.45, 2.75) is 6.92 Å². The van der Waals surface area contributed by atoms with Gasteiger partial charge in [0, 0.05) is 0 Å². The Morgan fingerprint density at radius 2 is 1.86 bits per heavy atom. The molecular weight excluding hydrogens is 298 g/mol. The van der Waals surface area contributed by atoms with E-state index in [1.54, 1.807) is 42.5 Å². The molecule has 0 radical (unpaired) electrons. The Balaban J connectivity index is 1.95. The third-order valence-corrected chi connectivity index (χ3v) is 4.09. The number of phenolic OH excluding ortho intramolecular Hbond substituents is 1. The topological polar surface area (TPSA) is 57.6 Å². The number of aromatic hydroxyl groups is 1. The number of aryl methyl sites for hydroxylation is 1. The number of carbonyl (C=O) groups is 2. The molecule has 1 N–H and O–H groups in total. The molecule has 22 heavy (non-hydrogen) atoms. The van der Waals surface area contributed by atoms with Crippen molar-refractivity contribution in [1.29, 1.82) is 0 Å². The number of anilines is 1. The van der Waals surface area contributed by atoms with E-state index in [0.29, 0.717) is 16.2 Å². The zero-order chi connectivity index (χ0) is 15.7. The van der Waals surface area contributed by atoms with Crippen molar-refractivity contribution in [3.8, 4) is 5.75 Å². The summed E-state index contributed by atoms with van der Waals surface area (Å²) in [7, 11) is 0. The van der Waals surface area contributed by atoms with Gasteiger partial charge in [-0.05, 0) is 60.2 Å². The summed E-state index contributed by atoms with van der Waals surface area (Å²) in [6.45, 7) is 1.91. The highest BCUT2D eigenvalue weighted by atomic mass is 32.2. The highest BCUT2D eigenvalue weighted by Crippen LogP contribution is 2.36. The van der Waals surface area contributed by atoms with Gasteiger partial charge in [0.1, 0.15) is 5.75 Å². The third-order valence-electron chi connectivity index (χ3n) is 3.22. The number of benzene rings is 2. The Hall–Kier alpha value is -2.53. The zero-order valence-corrected chi connectivity index (χ0v) is 12.6. The summed E-state index contributed by atoms with van der Waals surface area (Å²) in [5, 5.41) is 9.15. The fraction of sp³-hybridized carbons (Fsp3) is 0.0588. The second-order valence-corrected chi connectivity index (χ2v) is 5.94. The molecule has 5 heteroatoms. The third kappa shape index (κ3) is 2.76. The van der Waals surface area contributed by atoms with Crippen LogP contribution in [0.1, 0.15) is 11.1 Å². The van der Waals surface area contributed by atoms with Gasteiger partial charge in [0.05, 0.1) is 10.6 Å². The summed E-state index contributed by atoms with van der Waals surface area (Å²) in [6, 6.07) is 13.8. The van der Waals surface area contributed by atoms with Gasteiger partial charge >= 0.3 is 0 Å². The minimum absolute atomic E-state index is 0.117. The minimum Gasteiger partial charge on any atom is -0.508 e. The molecule has 0 aliphatic carbocycles. The molecule has 0 aromatic heterocycles. The van der Waals surface area contributed by atoms with Gasteiger partial charge < -0.3 is 5.11 Å². The van der Waals surface area contributed by atoms with Crippen molar-refractivity contribution in [3.63, 3.8) is 0 Å². The largest absolute Gasteiger partial charge is 0.508 e. The van der Waals surface area contributed by atoms with Crippen LogP contribution in [0.25, 0.3) is 6.08 Å². The van der Waals surface area contributed by atoms with E-state index in [4.69, 9.17) is 0 Å². The highest BCUT2D eigenvalue weighted by Gasteiger charge is 2.36. The van der Waals surface area contributed by atoms with Gasteiger partial charge in [0.25, 0.3) is 11.1 Å². The molecule has 1 fully saturated rings. The van der Waals surface area contributed by atoms with E-state index in [-0.39, 0.29) is 16.9 Å². The molecular formula is C17H13NO3S. The second kappa shape index (κ2) is 5.69.